The topological polar surface area (TPSA) is 29.5 Å². The van der Waals surface area contributed by atoms with Gasteiger partial charge in [0.2, 0.25) is 0 Å². The monoisotopic (exact) mass is 341 g/mol. The van der Waals surface area contributed by atoms with Crippen LogP contribution in [-0.4, -0.2) is 31.7 Å². The van der Waals surface area contributed by atoms with Crippen LogP contribution in [0.25, 0.3) is 6.08 Å². The lowest BCUT2D eigenvalue weighted by molar-refractivity contribution is -0.104. The molecule has 0 amide bonds. The number of hydrogen-bond donors (Lipinski definition) is 0. The van der Waals surface area contributed by atoms with Crippen LogP contribution in [-0.2, 0) is 17.6 Å². The Morgan fingerprint density at radius 2 is 2.12 bits per heavy atom. The van der Waals surface area contributed by atoms with Gasteiger partial charge in [-0.3, -0.25) is 4.79 Å². The number of carbonyl (C=O) groups excluding carboxylic acids is 1. The number of benzene rings is 1. The molecule has 0 aliphatic carbocycles. The fourth-order valence-electron chi connectivity index (χ4n) is 4.13. The molecule has 0 spiro atoms. The zero-order valence-corrected chi connectivity index (χ0v) is 14.9. The standard InChI is InChI=1S/C20H23NO2S/c1-23-20-15(6-7-16-8-9-17(13-22)24-16)12-14-4-2-10-21-11-3-5-18(20)19(14)21/h6-7,9,12-13,16H,2-5,8,10-11H2,1H3/b7-6+. The molecule has 3 nitrogen and oxygen atoms in total. The zero-order chi connectivity index (χ0) is 16.5. The van der Waals surface area contributed by atoms with Crippen molar-refractivity contribution in [2.45, 2.75) is 37.4 Å². The van der Waals surface area contributed by atoms with Gasteiger partial charge in [-0.05, 0) is 43.7 Å². The first-order valence-electron chi connectivity index (χ1n) is 8.78. The van der Waals surface area contributed by atoms with Crippen LogP contribution in [0.15, 0.2) is 23.1 Å². The van der Waals surface area contributed by atoms with Crippen molar-refractivity contribution in [3.63, 3.8) is 0 Å². The lowest BCUT2D eigenvalue weighted by Gasteiger charge is -2.38. The maximum atomic E-state index is 10.9. The van der Waals surface area contributed by atoms with Crippen molar-refractivity contribution >= 4 is 29.8 Å². The maximum absolute atomic E-state index is 10.9. The van der Waals surface area contributed by atoms with Crippen LogP contribution in [0.4, 0.5) is 5.69 Å². The number of thioether (sulfide) groups is 1. The predicted octanol–water partition coefficient (Wildman–Crippen LogP) is 4.00. The molecule has 0 bridgehead atoms. The molecule has 3 aliphatic rings. The molecule has 0 N–H and O–H groups in total. The molecule has 126 valence electrons. The average molecular weight is 341 g/mol. The highest BCUT2D eigenvalue weighted by Gasteiger charge is 2.27. The van der Waals surface area contributed by atoms with E-state index in [9.17, 15) is 4.79 Å². The highest BCUT2D eigenvalue weighted by Crippen LogP contribution is 2.43. The molecular formula is C20H23NO2S. The Kier molecular flexibility index (Phi) is 4.40. The van der Waals surface area contributed by atoms with Crippen LogP contribution in [0.2, 0.25) is 0 Å². The number of ether oxygens (including phenoxy) is 1. The number of methoxy groups -OCH3 is 1. The quantitative estimate of drug-likeness (QED) is 0.774. The van der Waals surface area contributed by atoms with Gasteiger partial charge < -0.3 is 9.64 Å². The van der Waals surface area contributed by atoms with Crippen LogP contribution in [0, 0.1) is 0 Å². The second-order valence-electron chi connectivity index (χ2n) is 6.65. The molecule has 1 aromatic rings. The second kappa shape index (κ2) is 6.67. The Morgan fingerprint density at radius 1 is 1.29 bits per heavy atom. The molecule has 24 heavy (non-hydrogen) atoms. The number of carbonyl (C=O) groups is 1. The summed E-state index contributed by atoms with van der Waals surface area (Å²) in [7, 11) is 1.79. The van der Waals surface area contributed by atoms with Crippen molar-refractivity contribution < 1.29 is 9.53 Å². The van der Waals surface area contributed by atoms with Gasteiger partial charge in [-0.15, -0.1) is 11.8 Å². The molecule has 3 aliphatic heterocycles. The van der Waals surface area contributed by atoms with Gasteiger partial charge >= 0.3 is 0 Å². The van der Waals surface area contributed by atoms with E-state index in [2.05, 4.69) is 23.1 Å². The number of rotatable bonds is 4. The van der Waals surface area contributed by atoms with E-state index in [1.165, 1.54) is 54.7 Å². The number of nitrogens with zero attached hydrogens (tertiary/aromatic N) is 1. The van der Waals surface area contributed by atoms with E-state index >= 15 is 0 Å². The molecule has 3 heterocycles. The van der Waals surface area contributed by atoms with Crippen molar-refractivity contribution in [2.75, 3.05) is 25.1 Å². The van der Waals surface area contributed by atoms with Crippen LogP contribution in [0.1, 0.15) is 36.0 Å². The molecular weight excluding hydrogens is 318 g/mol. The molecule has 0 fully saturated rings. The Morgan fingerprint density at radius 3 is 2.88 bits per heavy atom. The molecule has 0 aromatic heterocycles. The van der Waals surface area contributed by atoms with E-state index < -0.39 is 0 Å². The summed E-state index contributed by atoms with van der Waals surface area (Å²) in [6, 6.07) is 2.32. The number of hydrogen-bond acceptors (Lipinski definition) is 4. The number of aldehydes is 1. The third kappa shape index (κ3) is 2.77. The summed E-state index contributed by atoms with van der Waals surface area (Å²) >= 11 is 1.65. The summed E-state index contributed by atoms with van der Waals surface area (Å²) in [6.45, 7) is 2.36. The fourth-order valence-corrected chi connectivity index (χ4v) is 5.08. The van der Waals surface area contributed by atoms with Gasteiger partial charge in [-0.1, -0.05) is 18.2 Å². The van der Waals surface area contributed by atoms with E-state index in [4.69, 9.17) is 4.74 Å². The molecule has 1 aromatic carbocycles. The first-order chi connectivity index (χ1) is 11.8. The van der Waals surface area contributed by atoms with E-state index in [1.54, 1.807) is 18.9 Å². The first-order valence-corrected chi connectivity index (χ1v) is 9.66. The maximum Gasteiger partial charge on any atom is 0.156 e. The van der Waals surface area contributed by atoms with Crippen molar-refractivity contribution in [2.24, 2.45) is 0 Å². The minimum atomic E-state index is 0.360. The smallest absolute Gasteiger partial charge is 0.156 e. The van der Waals surface area contributed by atoms with Crippen LogP contribution >= 0.6 is 11.8 Å². The van der Waals surface area contributed by atoms with Gasteiger partial charge in [0.15, 0.2) is 6.29 Å². The number of allylic oxidation sites excluding steroid dienone is 2. The summed E-state index contributed by atoms with van der Waals surface area (Å²) < 4.78 is 5.82. The zero-order valence-electron chi connectivity index (χ0n) is 14.1. The van der Waals surface area contributed by atoms with Gasteiger partial charge in [0.25, 0.3) is 0 Å². The van der Waals surface area contributed by atoms with E-state index in [0.717, 1.165) is 29.8 Å². The minimum absolute atomic E-state index is 0.360. The normalized spacial score (nSPS) is 22.5. The third-order valence-corrected chi connectivity index (χ3v) is 6.34. The lowest BCUT2D eigenvalue weighted by atomic mass is 9.89. The van der Waals surface area contributed by atoms with E-state index in [0.29, 0.717) is 5.25 Å². The van der Waals surface area contributed by atoms with Gasteiger partial charge in [0, 0.05) is 40.1 Å². The highest BCUT2D eigenvalue weighted by atomic mass is 32.2. The molecule has 4 heteroatoms. The van der Waals surface area contributed by atoms with Gasteiger partial charge in [0.1, 0.15) is 5.75 Å². The van der Waals surface area contributed by atoms with Crippen molar-refractivity contribution in [3.05, 3.63) is 39.8 Å². The molecule has 0 radical (unpaired) electrons. The van der Waals surface area contributed by atoms with E-state index in [1.807, 2.05) is 6.08 Å². The third-order valence-electron chi connectivity index (χ3n) is 5.15. The molecule has 0 saturated carbocycles. The van der Waals surface area contributed by atoms with Crippen molar-refractivity contribution in [1.29, 1.82) is 0 Å². The minimum Gasteiger partial charge on any atom is -0.496 e. The van der Waals surface area contributed by atoms with Gasteiger partial charge in [-0.25, -0.2) is 0 Å². The van der Waals surface area contributed by atoms with Crippen molar-refractivity contribution in [1.82, 2.24) is 0 Å². The summed E-state index contributed by atoms with van der Waals surface area (Å²) in [5, 5.41) is 0.360. The number of anilines is 1. The predicted molar refractivity (Wildman–Crippen MR) is 101 cm³/mol. The lowest BCUT2D eigenvalue weighted by Crippen LogP contribution is -2.34. The SMILES string of the molecule is COc1c(/C=C/C2CC=C(C=O)S2)cc2c3c1CCCN3CCC2. The first kappa shape index (κ1) is 15.8. The Bertz CT molecular complexity index is 721. The highest BCUT2D eigenvalue weighted by molar-refractivity contribution is 8.04. The Balaban J connectivity index is 1.67. The van der Waals surface area contributed by atoms with Gasteiger partial charge in [0.05, 0.1) is 7.11 Å². The second-order valence-corrected chi connectivity index (χ2v) is 7.97. The fraction of sp³-hybridized carbons (Fsp3) is 0.450. The Hall–Kier alpha value is -1.68. The number of aryl methyl sites for hydroxylation is 1. The van der Waals surface area contributed by atoms with Crippen LogP contribution < -0.4 is 9.64 Å². The molecule has 4 rings (SSSR count). The van der Waals surface area contributed by atoms with Crippen LogP contribution in [0.5, 0.6) is 5.75 Å². The molecule has 1 unspecified atom stereocenters. The summed E-state index contributed by atoms with van der Waals surface area (Å²) in [6.07, 6.45) is 13.1. The van der Waals surface area contributed by atoms with Crippen molar-refractivity contribution in [3.8, 4) is 5.75 Å². The van der Waals surface area contributed by atoms with Gasteiger partial charge in [-0.2, -0.15) is 0 Å². The average Bonchev–Trinajstić information content (AvgIpc) is 3.08. The molecule has 1 atom stereocenters. The van der Waals surface area contributed by atoms with Crippen LogP contribution in [0.3, 0.4) is 0 Å². The summed E-state index contributed by atoms with van der Waals surface area (Å²) in [5.41, 5.74) is 5.50. The summed E-state index contributed by atoms with van der Waals surface area (Å²) in [4.78, 5) is 14.3. The largest absolute Gasteiger partial charge is 0.496 e. The Labute approximate surface area is 147 Å². The van der Waals surface area contributed by atoms with E-state index in [-0.39, 0.29) is 0 Å². The summed E-state index contributed by atoms with van der Waals surface area (Å²) in [5.74, 6) is 1.04. The molecule has 0 saturated heterocycles.